The van der Waals surface area contributed by atoms with E-state index in [1.165, 1.54) is 12.8 Å². The third kappa shape index (κ3) is 4.27. The molecule has 0 amide bonds. The first kappa shape index (κ1) is 16.3. The van der Waals surface area contributed by atoms with Gasteiger partial charge in [-0.3, -0.25) is 9.80 Å². The van der Waals surface area contributed by atoms with Gasteiger partial charge in [0.1, 0.15) is 12.7 Å². The summed E-state index contributed by atoms with van der Waals surface area (Å²) in [6.07, 6.45) is 2.17. The van der Waals surface area contributed by atoms with Crippen molar-refractivity contribution in [3.05, 3.63) is 28.2 Å². The Balaban J connectivity index is 1.42. The Morgan fingerprint density at radius 1 is 1.14 bits per heavy atom. The van der Waals surface area contributed by atoms with Crippen LogP contribution in [0.2, 0.25) is 10.0 Å². The third-order valence-corrected chi connectivity index (χ3v) is 4.87. The zero-order chi connectivity index (χ0) is 15.5. The van der Waals surface area contributed by atoms with Crippen molar-refractivity contribution in [2.75, 3.05) is 39.3 Å². The summed E-state index contributed by atoms with van der Waals surface area (Å²) in [5.74, 6) is 0.448. The molecule has 2 aliphatic rings. The van der Waals surface area contributed by atoms with Gasteiger partial charge in [0.2, 0.25) is 0 Å². The second kappa shape index (κ2) is 7.37. The summed E-state index contributed by atoms with van der Waals surface area (Å²) in [5.41, 5.74) is 0. The molecule has 2 fully saturated rings. The molecule has 0 aromatic heterocycles. The fourth-order valence-corrected chi connectivity index (χ4v) is 3.41. The molecule has 22 heavy (non-hydrogen) atoms. The molecule has 3 rings (SSSR count). The first-order valence-corrected chi connectivity index (χ1v) is 8.60. The van der Waals surface area contributed by atoms with E-state index in [0.717, 1.165) is 32.2 Å². The van der Waals surface area contributed by atoms with E-state index in [1.54, 1.807) is 18.2 Å². The number of aliphatic hydroxyl groups is 1. The van der Waals surface area contributed by atoms with Crippen molar-refractivity contribution in [2.24, 2.45) is 0 Å². The molecule has 122 valence electrons. The second-order valence-corrected chi connectivity index (χ2v) is 6.90. The van der Waals surface area contributed by atoms with Crippen LogP contribution in [0.15, 0.2) is 18.2 Å². The van der Waals surface area contributed by atoms with Gasteiger partial charge in [-0.05, 0) is 25.0 Å². The summed E-state index contributed by atoms with van der Waals surface area (Å²) in [4.78, 5) is 4.85. The molecule has 1 saturated heterocycles. The molecule has 0 spiro atoms. The van der Waals surface area contributed by atoms with Crippen molar-refractivity contribution < 1.29 is 9.84 Å². The topological polar surface area (TPSA) is 35.9 Å². The van der Waals surface area contributed by atoms with Crippen molar-refractivity contribution >= 4 is 23.2 Å². The van der Waals surface area contributed by atoms with Crippen LogP contribution in [0, 0.1) is 0 Å². The van der Waals surface area contributed by atoms with Gasteiger partial charge in [-0.25, -0.2) is 0 Å². The summed E-state index contributed by atoms with van der Waals surface area (Å²) >= 11 is 12.1. The molecule has 1 aliphatic heterocycles. The van der Waals surface area contributed by atoms with E-state index in [-0.39, 0.29) is 6.61 Å². The van der Waals surface area contributed by atoms with Crippen LogP contribution in [0.25, 0.3) is 0 Å². The molecule has 1 aromatic carbocycles. The van der Waals surface area contributed by atoms with E-state index in [4.69, 9.17) is 27.9 Å². The van der Waals surface area contributed by atoms with Crippen LogP contribution in [0.1, 0.15) is 12.8 Å². The average molecular weight is 345 g/mol. The average Bonchev–Trinajstić information content (AvgIpc) is 3.32. The first-order valence-electron chi connectivity index (χ1n) is 7.85. The number of hydrogen-bond donors (Lipinski definition) is 1. The summed E-state index contributed by atoms with van der Waals surface area (Å²) < 4.78 is 5.59. The zero-order valence-corrected chi connectivity index (χ0v) is 14.1. The van der Waals surface area contributed by atoms with E-state index in [1.807, 2.05) is 0 Å². The molecule has 6 heteroatoms. The van der Waals surface area contributed by atoms with Gasteiger partial charge in [0.05, 0.1) is 10.0 Å². The summed E-state index contributed by atoms with van der Waals surface area (Å²) in [5, 5.41) is 11.1. The van der Waals surface area contributed by atoms with Crippen molar-refractivity contribution in [3.63, 3.8) is 0 Å². The van der Waals surface area contributed by atoms with E-state index >= 15 is 0 Å². The summed E-state index contributed by atoms with van der Waals surface area (Å²) in [6, 6.07) is 6.06. The fourth-order valence-electron chi connectivity index (χ4n) is 2.90. The van der Waals surface area contributed by atoms with Crippen LogP contribution in [-0.2, 0) is 0 Å². The number of piperazine rings is 1. The minimum atomic E-state index is -0.542. The van der Waals surface area contributed by atoms with E-state index in [2.05, 4.69) is 9.80 Å². The largest absolute Gasteiger partial charge is 0.488 e. The van der Waals surface area contributed by atoms with Crippen LogP contribution >= 0.6 is 23.2 Å². The lowest BCUT2D eigenvalue weighted by Crippen LogP contribution is -2.49. The normalized spacial score (nSPS) is 21.8. The van der Waals surface area contributed by atoms with Crippen LogP contribution < -0.4 is 4.74 Å². The molecule has 1 N–H and O–H groups in total. The van der Waals surface area contributed by atoms with Crippen molar-refractivity contribution in [1.29, 1.82) is 0 Å². The molecule has 1 atom stereocenters. The number of aliphatic hydroxyl groups excluding tert-OH is 1. The minimum absolute atomic E-state index is 0.201. The molecule has 1 aromatic rings. The number of nitrogens with zero attached hydrogens (tertiary/aromatic N) is 2. The number of β-amino-alcohol motifs (C(OH)–C–C–N with tert-alkyl or cyclic N) is 1. The zero-order valence-electron chi connectivity index (χ0n) is 12.5. The molecular weight excluding hydrogens is 323 g/mol. The number of para-hydroxylation sites is 1. The molecule has 0 bridgehead atoms. The first-order chi connectivity index (χ1) is 10.6. The van der Waals surface area contributed by atoms with E-state index in [9.17, 15) is 5.11 Å². The SMILES string of the molecule is OC(COc1c(Cl)cccc1Cl)CN1CCN(C2CC2)CC1. The highest BCUT2D eigenvalue weighted by Gasteiger charge is 2.31. The van der Waals surface area contributed by atoms with Crippen molar-refractivity contribution in [2.45, 2.75) is 25.0 Å². The fraction of sp³-hybridized carbons (Fsp3) is 0.625. The Bertz CT molecular complexity index is 483. The van der Waals surface area contributed by atoms with Gasteiger partial charge in [0, 0.05) is 38.8 Å². The Labute approximate surface area is 141 Å². The molecule has 1 aliphatic carbocycles. The van der Waals surface area contributed by atoms with Gasteiger partial charge in [-0.2, -0.15) is 0 Å². The Morgan fingerprint density at radius 2 is 1.77 bits per heavy atom. The number of benzene rings is 1. The summed E-state index contributed by atoms with van der Waals surface area (Å²) in [7, 11) is 0. The van der Waals surface area contributed by atoms with Gasteiger partial charge >= 0.3 is 0 Å². The van der Waals surface area contributed by atoms with Gasteiger partial charge in [0.15, 0.2) is 5.75 Å². The highest BCUT2D eigenvalue weighted by molar-refractivity contribution is 6.37. The van der Waals surface area contributed by atoms with E-state index < -0.39 is 6.10 Å². The van der Waals surface area contributed by atoms with Gasteiger partial charge in [0.25, 0.3) is 0 Å². The smallest absolute Gasteiger partial charge is 0.156 e. The Hall–Kier alpha value is -0.520. The molecular formula is C16H22Cl2N2O2. The molecule has 1 unspecified atom stereocenters. The van der Waals surface area contributed by atoms with Crippen LogP contribution in [0.4, 0.5) is 0 Å². The predicted molar refractivity (Wildman–Crippen MR) is 89.0 cm³/mol. The lowest BCUT2D eigenvalue weighted by molar-refractivity contribution is 0.0446. The second-order valence-electron chi connectivity index (χ2n) is 6.08. The highest BCUT2D eigenvalue weighted by Crippen LogP contribution is 2.32. The molecule has 1 heterocycles. The molecule has 1 saturated carbocycles. The maximum atomic E-state index is 10.2. The van der Waals surface area contributed by atoms with Gasteiger partial charge in [-0.1, -0.05) is 29.3 Å². The Kier molecular flexibility index (Phi) is 5.47. The minimum Gasteiger partial charge on any atom is -0.488 e. The number of rotatable bonds is 6. The van der Waals surface area contributed by atoms with Crippen molar-refractivity contribution in [3.8, 4) is 5.75 Å². The van der Waals surface area contributed by atoms with Crippen LogP contribution in [0.3, 0.4) is 0 Å². The van der Waals surface area contributed by atoms with Crippen LogP contribution in [-0.4, -0.2) is 66.4 Å². The molecule has 0 radical (unpaired) electrons. The maximum Gasteiger partial charge on any atom is 0.156 e. The number of hydrogen-bond acceptors (Lipinski definition) is 4. The quantitative estimate of drug-likeness (QED) is 0.860. The lowest BCUT2D eigenvalue weighted by atomic mass is 10.2. The van der Waals surface area contributed by atoms with Crippen LogP contribution in [0.5, 0.6) is 5.75 Å². The maximum absolute atomic E-state index is 10.2. The highest BCUT2D eigenvalue weighted by atomic mass is 35.5. The van der Waals surface area contributed by atoms with E-state index in [0.29, 0.717) is 22.3 Å². The van der Waals surface area contributed by atoms with Crippen molar-refractivity contribution in [1.82, 2.24) is 9.80 Å². The Morgan fingerprint density at radius 3 is 2.36 bits per heavy atom. The van der Waals surface area contributed by atoms with Gasteiger partial charge in [-0.15, -0.1) is 0 Å². The number of halogens is 2. The number of ether oxygens (including phenoxy) is 1. The third-order valence-electron chi connectivity index (χ3n) is 4.28. The standard InChI is InChI=1S/C16H22Cl2N2O2/c17-14-2-1-3-15(18)16(14)22-11-13(21)10-19-6-8-20(9-7-19)12-4-5-12/h1-3,12-13,21H,4-11H2. The molecule has 4 nitrogen and oxygen atoms in total. The monoisotopic (exact) mass is 344 g/mol. The van der Waals surface area contributed by atoms with Gasteiger partial charge < -0.3 is 9.84 Å². The predicted octanol–water partition coefficient (Wildman–Crippen LogP) is 2.51. The lowest BCUT2D eigenvalue weighted by Gasteiger charge is -2.35. The summed E-state index contributed by atoms with van der Waals surface area (Å²) in [6.45, 7) is 5.07.